The van der Waals surface area contributed by atoms with Gasteiger partial charge in [-0.05, 0) is 24.1 Å². The number of halogens is 1. The second-order valence-corrected chi connectivity index (χ2v) is 4.34. The summed E-state index contributed by atoms with van der Waals surface area (Å²) in [5, 5.41) is 8.69. The molecule has 19 heavy (non-hydrogen) atoms. The lowest BCUT2D eigenvalue weighted by Gasteiger charge is -2.06. The minimum Gasteiger partial charge on any atom is -0.395 e. The van der Waals surface area contributed by atoms with Crippen LogP contribution in [0.25, 0.3) is 0 Å². The van der Waals surface area contributed by atoms with Gasteiger partial charge < -0.3 is 9.84 Å². The summed E-state index contributed by atoms with van der Waals surface area (Å²) < 4.78 is 18.8. The molecule has 0 aliphatic rings. The monoisotopic (exact) mass is 264 g/mol. The van der Waals surface area contributed by atoms with E-state index in [9.17, 15) is 4.39 Å². The second kappa shape index (κ2) is 9.55. The Morgan fingerprint density at radius 3 is 2.89 bits per heavy atom. The molecule has 0 bridgehead atoms. The molecule has 104 valence electrons. The standard InChI is InChI=1S/C16H21FO2/c1-2-3-6-11-19-13-15-8-9-16(17)12-14(15)7-4-5-10-18/h8-9,12,18H,2-3,5-6,10-11,13H2,1H3. The predicted molar refractivity (Wildman–Crippen MR) is 74.2 cm³/mol. The maximum atomic E-state index is 13.2. The Morgan fingerprint density at radius 2 is 2.16 bits per heavy atom. The SMILES string of the molecule is CCCCCOCc1ccc(F)cc1C#CCCO. The Morgan fingerprint density at radius 1 is 1.32 bits per heavy atom. The lowest BCUT2D eigenvalue weighted by atomic mass is 10.1. The van der Waals surface area contributed by atoms with E-state index in [1.165, 1.54) is 12.1 Å². The first-order chi connectivity index (χ1) is 9.27. The van der Waals surface area contributed by atoms with Gasteiger partial charge in [0.2, 0.25) is 0 Å². The summed E-state index contributed by atoms with van der Waals surface area (Å²) >= 11 is 0. The van der Waals surface area contributed by atoms with Crippen molar-refractivity contribution < 1.29 is 14.2 Å². The highest BCUT2D eigenvalue weighted by atomic mass is 19.1. The van der Waals surface area contributed by atoms with Crippen molar-refractivity contribution in [3.63, 3.8) is 0 Å². The lowest BCUT2D eigenvalue weighted by Crippen LogP contribution is -1.98. The normalized spacial score (nSPS) is 10.1. The molecule has 0 fully saturated rings. The van der Waals surface area contributed by atoms with Crippen LogP contribution >= 0.6 is 0 Å². The molecule has 0 spiro atoms. The number of ether oxygens (including phenoxy) is 1. The van der Waals surface area contributed by atoms with Crippen molar-refractivity contribution in [2.45, 2.75) is 39.2 Å². The Balaban J connectivity index is 2.59. The van der Waals surface area contributed by atoms with Gasteiger partial charge in [-0.15, -0.1) is 0 Å². The summed E-state index contributed by atoms with van der Waals surface area (Å²) in [6.45, 7) is 3.34. The van der Waals surface area contributed by atoms with E-state index in [4.69, 9.17) is 9.84 Å². The van der Waals surface area contributed by atoms with Gasteiger partial charge >= 0.3 is 0 Å². The highest BCUT2D eigenvalue weighted by Gasteiger charge is 2.02. The third kappa shape index (κ3) is 6.37. The van der Waals surface area contributed by atoms with Crippen LogP contribution in [0.1, 0.15) is 43.7 Å². The minimum atomic E-state index is -0.303. The number of unbranched alkanes of at least 4 members (excludes halogenated alkanes) is 2. The Labute approximate surface area is 114 Å². The predicted octanol–water partition coefficient (Wildman–Crippen LogP) is 3.27. The van der Waals surface area contributed by atoms with Crippen LogP contribution in [-0.4, -0.2) is 18.3 Å². The molecule has 0 heterocycles. The quantitative estimate of drug-likeness (QED) is 0.605. The average molecular weight is 264 g/mol. The average Bonchev–Trinajstić information content (AvgIpc) is 2.41. The molecule has 0 amide bonds. The molecule has 0 atom stereocenters. The Hall–Kier alpha value is -1.37. The second-order valence-electron chi connectivity index (χ2n) is 4.34. The molecule has 0 saturated carbocycles. The third-order valence-electron chi connectivity index (χ3n) is 2.68. The summed E-state index contributed by atoms with van der Waals surface area (Å²) in [5.74, 6) is 5.38. The van der Waals surface area contributed by atoms with Crippen LogP contribution in [-0.2, 0) is 11.3 Å². The number of aliphatic hydroxyl groups is 1. The molecule has 1 aromatic rings. The number of hydrogen-bond acceptors (Lipinski definition) is 2. The largest absolute Gasteiger partial charge is 0.395 e. The molecule has 3 heteroatoms. The van der Waals surface area contributed by atoms with Crippen LogP contribution in [0.2, 0.25) is 0 Å². The van der Waals surface area contributed by atoms with Gasteiger partial charge in [0, 0.05) is 18.6 Å². The molecule has 0 unspecified atom stereocenters. The first-order valence-corrected chi connectivity index (χ1v) is 6.73. The maximum absolute atomic E-state index is 13.2. The zero-order valence-electron chi connectivity index (χ0n) is 11.4. The van der Waals surface area contributed by atoms with Crippen molar-refractivity contribution >= 4 is 0 Å². The summed E-state index contributed by atoms with van der Waals surface area (Å²) in [6.07, 6.45) is 3.76. The molecule has 0 aromatic heterocycles. The lowest BCUT2D eigenvalue weighted by molar-refractivity contribution is 0.117. The highest BCUT2D eigenvalue weighted by molar-refractivity contribution is 5.41. The Bertz CT molecular complexity index is 432. The molecule has 1 N–H and O–H groups in total. The fourth-order valence-electron chi connectivity index (χ4n) is 1.64. The van der Waals surface area contributed by atoms with E-state index in [1.54, 1.807) is 6.07 Å². The number of aliphatic hydroxyl groups excluding tert-OH is 1. The van der Waals surface area contributed by atoms with Crippen molar-refractivity contribution in [3.8, 4) is 11.8 Å². The molecule has 0 aliphatic heterocycles. The molecule has 2 nitrogen and oxygen atoms in total. The van der Waals surface area contributed by atoms with Crippen molar-refractivity contribution in [2.24, 2.45) is 0 Å². The van der Waals surface area contributed by atoms with Gasteiger partial charge in [-0.1, -0.05) is 37.7 Å². The van der Waals surface area contributed by atoms with Gasteiger partial charge in [-0.3, -0.25) is 0 Å². The molecule has 1 rings (SSSR count). The van der Waals surface area contributed by atoms with Crippen LogP contribution < -0.4 is 0 Å². The first-order valence-electron chi connectivity index (χ1n) is 6.73. The van der Waals surface area contributed by atoms with E-state index in [0.29, 0.717) is 25.2 Å². The van der Waals surface area contributed by atoms with Crippen molar-refractivity contribution in [2.75, 3.05) is 13.2 Å². The van der Waals surface area contributed by atoms with E-state index in [1.807, 2.05) is 0 Å². The summed E-state index contributed by atoms with van der Waals surface area (Å²) in [6, 6.07) is 4.54. The van der Waals surface area contributed by atoms with Gasteiger partial charge in [-0.25, -0.2) is 4.39 Å². The molecule has 0 radical (unpaired) electrons. The van der Waals surface area contributed by atoms with Crippen LogP contribution in [0.3, 0.4) is 0 Å². The van der Waals surface area contributed by atoms with Gasteiger partial charge in [0.05, 0.1) is 13.2 Å². The number of benzene rings is 1. The van der Waals surface area contributed by atoms with Crippen LogP contribution in [0.15, 0.2) is 18.2 Å². The van der Waals surface area contributed by atoms with E-state index in [-0.39, 0.29) is 12.4 Å². The van der Waals surface area contributed by atoms with Crippen molar-refractivity contribution in [1.82, 2.24) is 0 Å². The molecule has 0 saturated heterocycles. The fourth-order valence-corrected chi connectivity index (χ4v) is 1.64. The van der Waals surface area contributed by atoms with Crippen molar-refractivity contribution in [1.29, 1.82) is 0 Å². The van der Waals surface area contributed by atoms with Crippen molar-refractivity contribution in [3.05, 3.63) is 35.1 Å². The topological polar surface area (TPSA) is 29.5 Å². The van der Waals surface area contributed by atoms with Crippen LogP contribution in [0.5, 0.6) is 0 Å². The van der Waals surface area contributed by atoms with Gasteiger partial charge in [0.15, 0.2) is 0 Å². The Kier molecular flexibility index (Phi) is 7.88. The summed E-state index contributed by atoms with van der Waals surface area (Å²) in [4.78, 5) is 0. The molecule has 1 aromatic carbocycles. The van der Waals surface area contributed by atoms with Gasteiger partial charge in [0.1, 0.15) is 5.82 Å². The van der Waals surface area contributed by atoms with Crippen LogP contribution in [0.4, 0.5) is 4.39 Å². The third-order valence-corrected chi connectivity index (χ3v) is 2.68. The van der Waals surface area contributed by atoms with Gasteiger partial charge in [-0.2, -0.15) is 0 Å². The van der Waals surface area contributed by atoms with E-state index >= 15 is 0 Å². The van der Waals surface area contributed by atoms with E-state index in [0.717, 1.165) is 24.8 Å². The molecule has 0 aliphatic carbocycles. The highest BCUT2D eigenvalue weighted by Crippen LogP contribution is 2.12. The smallest absolute Gasteiger partial charge is 0.124 e. The summed E-state index contributed by atoms with van der Waals surface area (Å²) in [7, 11) is 0. The van der Waals surface area contributed by atoms with Gasteiger partial charge in [0.25, 0.3) is 0 Å². The minimum absolute atomic E-state index is 0.0190. The fraction of sp³-hybridized carbons (Fsp3) is 0.500. The van der Waals surface area contributed by atoms with E-state index in [2.05, 4.69) is 18.8 Å². The maximum Gasteiger partial charge on any atom is 0.124 e. The number of rotatable bonds is 7. The van der Waals surface area contributed by atoms with Crippen LogP contribution in [0, 0.1) is 17.7 Å². The summed E-state index contributed by atoms with van der Waals surface area (Å²) in [5.41, 5.74) is 1.53. The molecular formula is C16H21FO2. The zero-order chi connectivity index (χ0) is 13.9. The zero-order valence-corrected chi connectivity index (χ0v) is 11.4. The van der Waals surface area contributed by atoms with E-state index < -0.39 is 0 Å². The molecular weight excluding hydrogens is 243 g/mol. The first kappa shape index (κ1) is 15.7. The number of hydrogen-bond donors (Lipinski definition) is 1.